The quantitative estimate of drug-likeness (QED) is 0.771. The van der Waals surface area contributed by atoms with Crippen molar-refractivity contribution in [2.75, 3.05) is 32.4 Å². The third-order valence-corrected chi connectivity index (χ3v) is 4.75. The molecule has 1 N–H and O–H groups in total. The van der Waals surface area contributed by atoms with E-state index in [-0.39, 0.29) is 12.4 Å². The van der Waals surface area contributed by atoms with Gasteiger partial charge in [0.15, 0.2) is 0 Å². The summed E-state index contributed by atoms with van der Waals surface area (Å²) < 4.78 is 24.1. The van der Waals surface area contributed by atoms with Crippen LogP contribution in [0.1, 0.15) is 12.8 Å². The standard InChI is InChI=1S/C9H18N2O2S.ClH/c1-14(12,13)11-4-2-8(3-5-11)9-6-10-7-9;/h8-10H,2-7H2,1H3;1H. The zero-order chi connectivity index (χ0) is 10.2. The van der Waals surface area contributed by atoms with Crippen LogP contribution in [0.25, 0.3) is 0 Å². The molecule has 2 rings (SSSR count). The fraction of sp³-hybridized carbons (Fsp3) is 1.00. The number of halogens is 1. The van der Waals surface area contributed by atoms with Crippen LogP contribution >= 0.6 is 12.4 Å². The Morgan fingerprint density at radius 1 is 1.13 bits per heavy atom. The number of nitrogens with one attached hydrogen (secondary N) is 1. The summed E-state index contributed by atoms with van der Waals surface area (Å²) in [6, 6.07) is 0. The van der Waals surface area contributed by atoms with Crippen LogP contribution in [-0.4, -0.2) is 45.2 Å². The van der Waals surface area contributed by atoms with Crippen LogP contribution in [0.3, 0.4) is 0 Å². The highest BCUT2D eigenvalue weighted by molar-refractivity contribution is 7.88. The van der Waals surface area contributed by atoms with Crippen molar-refractivity contribution in [3.8, 4) is 0 Å². The summed E-state index contributed by atoms with van der Waals surface area (Å²) in [5.74, 6) is 1.55. The van der Waals surface area contributed by atoms with E-state index in [0.29, 0.717) is 0 Å². The second-order valence-corrected chi connectivity index (χ2v) is 6.40. The third-order valence-electron chi connectivity index (χ3n) is 3.45. The molecule has 0 spiro atoms. The van der Waals surface area contributed by atoms with Gasteiger partial charge in [0.05, 0.1) is 6.26 Å². The van der Waals surface area contributed by atoms with E-state index in [0.717, 1.165) is 50.9 Å². The topological polar surface area (TPSA) is 49.4 Å². The average Bonchev–Trinajstić information content (AvgIpc) is 2.00. The number of rotatable bonds is 2. The molecule has 0 bridgehead atoms. The summed E-state index contributed by atoms with van der Waals surface area (Å²) in [7, 11) is -2.95. The van der Waals surface area contributed by atoms with Crippen LogP contribution in [0, 0.1) is 11.8 Å². The summed E-state index contributed by atoms with van der Waals surface area (Å²) in [5.41, 5.74) is 0. The molecule has 0 unspecified atom stereocenters. The first kappa shape index (κ1) is 13.2. The van der Waals surface area contributed by atoms with Crippen LogP contribution < -0.4 is 5.32 Å². The fourth-order valence-corrected chi connectivity index (χ4v) is 3.20. The molecule has 90 valence electrons. The van der Waals surface area contributed by atoms with E-state index in [1.807, 2.05) is 0 Å². The summed E-state index contributed by atoms with van der Waals surface area (Å²) >= 11 is 0. The molecule has 2 aliphatic heterocycles. The number of sulfonamides is 1. The first-order valence-electron chi connectivity index (χ1n) is 5.23. The zero-order valence-corrected chi connectivity index (χ0v) is 10.6. The van der Waals surface area contributed by atoms with Gasteiger partial charge in [0, 0.05) is 13.1 Å². The highest BCUT2D eigenvalue weighted by Gasteiger charge is 2.32. The van der Waals surface area contributed by atoms with E-state index in [1.165, 1.54) is 6.26 Å². The predicted molar refractivity (Wildman–Crippen MR) is 62.7 cm³/mol. The summed E-state index contributed by atoms with van der Waals surface area (Å²) in [5, 5.41) is 3.27. The molecule has 2 saturated heterocycles. The monoisotopic (exact) mass is 254 g/mol. The zero-order valence-electron chi connectivity index (χ0n) is 8.98. The fourth-order valence-electron chi connectivity index (χ4n) is 2.32. The minimum atomic E-state index is -2.95. The number of hydrogen-bond donors (Lipinski definition) is 1. The molecule has 15 heavy (non-hydrogen) atoms. The lowest BCUT2D eigenvalue weighted by Crippen LogP contribution is -2.49. The highest BCUT2D eigenvalue weighted by atomic mass is 35.5. The van der Waals surface area contributed by atoms with Gasteiger partial charge < -0.3 is 5.32 Å². The van der Waals surface area contributed by atoms with Crippen molar-refractivity contribution in [2.45, 2.75) is 12.8 Å². The van der Waals surface area contributed by atoms with E-state index in [4.69, 9.17) is 0 Å². The van der Waals surface area contributed by atoms with Crippen molar-refractivity contribution >= 4 is 22.4 Å². The van der Waals surface area contributed by atoms with E-state index in [9.17, 15) is 8.42 Å². The van der Waals surface area contributed by atoms with Crippen LogP contribution in [0.5, 0.6) is 0 Å². The molecule has 0 atom stereocenters. The Hall–Kier alpha value is 0.160. The Bertz CT molecular complexity index is 295. The van der Waals surface area contributed by atoms with E-state index in [2.05, 4.69) is 5.32 Å². The Balaban J connectivity index is 0.00000112. The molecule has 0 aromatic heterocycles. The predicted octanol–water partition coefficient (Wildman–Crippen LogP) is 0.299. The molecule has 0 saturated carbocycles. The Labute approximate surface area is 97.9 Å². The first-order valence-corrected chi connectivity index (χ1v) is 7.08. The van der Waals surface area contributed by atoms with Crippen molar-refractivity contribution in [2.24, 2.45) is 11.8 Å². The largest absolute Gasteiger partial charge is 0.316 e. The molecule has 0 aromatic carbocycles. The minimum absolute atomic E-state index is 0. The summed E-state index contributed by atoms with van der Waals surface area (Å²) in [6.07, 6.45) is 3.39. The number of nitrogens with zero attached hydrogens (tertiary/aromatic N) is 1. The van der Waals surface area contributed by atoms with Crippen molar-refractivity contribution in [1.29, 1.82) is 0 Å². The van der Waals surface area contributed by atoms with Crippen molar-refractivity contribution < 1.29 is 8.42 Å². The van der Waals surface area contributed by atoms with Gasteiger partial charge in [0.25, 0.3) is 0 Å². The lowest BCUT2D eigenvalue weighted by Gasteiger charge is -2.39. The first-order chi connectivity index (χ1) is 6.57. The van der Waals surface area contributed by atoms with Crippen LogP contribution in [-0.2, 0) is 10.0 Å². The van der Waals surface area contributed by atoms with Gasteiger partial charge in [-0.05, 0) is 37.8 Å². The molecule has 2 fully saturated rings. The van der Waals surface area contributed by atoms with Crippen LogP contribution in [0.4, 0.5) is 0 Å². The second kappa shape index (κ2) is 4.99. The SMILES string of the molecule is CS(=O)(=O)N1CCC(C2CNC2)CC1.Cl. The molecule has 0 aromatic rings. The molecule has 0 aliphatic carbocycles. The van der Waals surface area contributed by atoms with Gasteiger partial charge in [-0.25, -0.2) is 12.7 Å². The van der Waals surface area contributed by atoms with Gasteiger partial charge in [-0.3, -0.25) is 0 Å². The highest BCUT2D eigenvalue weighted by Crippen LogP contribution is 2.28. The maximum absolute atomic E-state index is 11.3. The maximum atomic E-state index is 11.3. The Morgan fingerprint density at radius 2 is 1.67 bits per heavy atom. The van der Waals surface area contributed by atoms with E-state index in [1.54, 1.807) is 4.31 Å². The van der Waals surface area contributed by atoms with Gasteiger partial charge >= 0.3 is 0 Å². The lowest BCUT2D eigenvalue weighted by molar-refractivity contribution is 0.161. The normalized spacial score (nSPS) is 25.7. The average molecular weight is 255 g/mol. The van der Waals surface area contributed by atoms with Crippen molar-refractivity contribution in [1.82, 2.24) is 9.62 Å². The molecular weight excluding hydrogens is 236 g/mol. The Kier molecular flexibility index (Phi) is 4.40. The molecule has 2 aliphatic rings. The van der Waals surface area contributed by atoms with Gasteiger partial charge in [-0.1, -0.05) is 0 Å². The summed E-state index contributed by atoms with van der Waals surface area (Å²) in [4.78, 5) is 0. The van der Waals surface area contributed by atoms with E-state index < -0.39 is 10.0 Å². The number of hydrogen-bond acceptors (Lipinski definition) is 3. The van der Waals surface area contributed by atoms with E-state index >= 15 is 0 Å². The third kappa shape index (κ3) is 3.06. The maximum Gasteiger partial charge on any atom is 0.211 e. The van der Waals surface area contributed by atoms with Crippen LogP contribution in [0.15, 0.2) is 0 Å². The molecule has 0 amide bonds. The molecule has 4 nitrogen and oxygen atoms in total. The van der Waals surface area contributed by atoms with Gasteiger partial charge in [-0.2, -0.15) is 0 Å². The molecular formula is C9H19ClN2O2S. The van der Waals surface area contributed by atoms with Crippen molar-refractivity contribution in [3.05, 3.63) is 0 Å². The molecule has 0 radical (unpaired) electrons. The molecule has 2 heterocycles. The summed E-state index contributed by atoms with van der Waals surface area (Å²) in [6.45, 7) is 3.70. The smallest absolute Gasteiger partial charge is 0.211 e. The Morgan fingerprint density at radius 3 is 2.00 bits per heavy atom. The second-order valence-electron chi connectivity index (χ2n) is 4.42. The minimum Gasteiger partial charge on any atom is -0.316 e. The lowest BCUT2D eigenvalue weighted by atomic mass is 9.81. The van der Waals surface area contributed by atoms with Gasteiger partial charge in [0.1, 0.15) is 0 Å². The van der Waals surface area contributed by atoms with Gasteiger partial charge in [0.2, 0.25) is 10.0 Å². The van der Waals surface area contributed by atoms with Crippen molar-refractivity contribution in [3.63, 3.8) is 0 Å². The van der Waals surface area contributed by atoms with Gasteiger partial charge in [-0.15, -0.1) is 12.4 Å². The number of piperidine rings is 1. The van der Waals surface area contributed by atoms with Crippen LogP contribution in [0.2, 0.25) is 0 Å². The molecule has 6 heteroatoms.